The maximum atomic E-state index is 13.5. The van der Waals surface area contributed by atoms with Crippen molar-refractivity contribution < 1.29 is 18.0 Å². The number of carbonyl (C=O) groups is 1. The Morgan fingerprint density at radius 3 is 2.59 bits per heavy atom. The van der Waals surface area contributed by atoms with E-state index >= 15 is 0 Å². The average Bonchev–Trinajstić information content (AvgIpc) is 3.55. The van der Waals surface area contributed by atoms with Gasteiger partial charge in [0.1, 0.15) is 5.82 Å². The maximum absolute atomic E-state index is 13.5. The lowest BCUT2D eigenvalue weighted by Crippen LogP contribution is -2.38. The van der Waals surface area contributed by atoms with E-state index in [4.69, 9.17) is 5.73 Å². The number of carbonyl (C=O) groups excluding carboxylic acids is 1. The summed E-state index contributed by atoms with van der Waals surface area (Å²) in [4.78, 5) is 23.5. The third-order valence-corrected chi connectivity index (χ3v) is 5.94. The molecule has 2 heterocycles. The molecule has 1 unspecified atom stereocenters. The van der Waals surface area contributed by atoms with Gasteiger partial charge >= 0.3 is 6.18 Å². The molecule has 1 aliphatic carbocycles. The number of nitrogens with zero attached hydrogens (tertiary/aromatic N) is 3. The number of pyridine rings is 2. The number of rotatable bonds is 6. The number of nitrogen functional groups attached to an aromatic ring is 1. The zero-order valence-corrected chi connectivity index (χ0v) is 18.0. The molecule has 32 heavy (non-hydrogen) atoms. The quantitative estimate of drug-likeness (QED) is 0.557. The number of aryl methyl sites for hydroxylation is 1. The van der Waals surface area contributed by atoms with E-state index in [9.17, 15) is 18.0 Å². The summed E-state index contributed by atoms with van der Waals surface area (Å²) in [6, 6.07) is 9.43. The molecule has 0 aliphatic heterocycles. The van der Waals surface area contributed by atoms with Gasteiger partial charge in [-0.2, -0.15) is 13.2 Å². The number of aromatic nitrogens is 2. The number of anilines is 1. The van der Waals surface area contributed by atoms with Gasteiger partial charge in [-0.25, -0.2) is 4.98 Å². The number of halogens is 3. The summed E-state index contributed by atoms with van der Waals surface area (Å²) in [6.45, 7) is 3.98. The maximum Gasteiger partial charge on any atom is 0.417 e. The van der Waals surface area contributed by atoms with Crippen LogP contribution in [0.25, 0.3) is 10.9 Å². The summed E-state index contributed by atoms with van der Waals surface area (Å²) in [7, 11) is 0. The van der Waals surface area contributed by atoms with Crippen LogP contribution in [0, 0.1) is 12.8 Å². The van der Waals surface area contributed by atoms with Gasteiger partial charge in [-0.05, 0) is 68.1 Å². The van der Waals surface area contributed by atoms with Crippen LogP contribution in [-0.4, -0.2) is 26.8 Å². The molecule has 2 aromatic heterocycles. The molecule has 0 saturated heterocycles. The van der Waals surface area contributed by atoms with Gasteiger partial charge in [-0.15, -0.1) is 0 Å². The number of alkyl halides is 3. The van der Waals surface area contributed by atoms with Crippen molar-refractivity contribution in [3.8, 4) is 0 Å². The number of amides is 1. The van der Waals surface area contributed by atoms with Crippen LogP contribution in [0.1, 0.15) is 53.4 Å². The predicted octanol–water partition coefficient (Wildman–Crippen LogP) is 5.37. The molecule has 1 atom stereocenters. The lowest BCUT2D eigenvalue weighted by Gasteiger charge is -2.29. The lowest BCUT2D eigenvalue weighted by molar-refractivity contribution is -0.137. The lowest BCUT2D eigenvalue weighted by atomic mass is 10.0. The zero-order chi connectivity index (χ0) is 23.0. The summed E-state index contributed by atoms with van der Waals surface area (Å²) < 4.78 is 38.6. The number of nitrogens with two attached hydrogens (primary N) is 1. The Kier molecular flexibility index (Phi) is 5.79. The van der Waals surface area contributed by atoms with Crippen molar-refractivity contribution in [1.29, 1.82) is 0 Å². The standard InChI is InChI=1S/C24H25F3N4O/c1-14-9-18-11-17(5-8-21(18)30-22(14)28)23(32)31(15(2)10-16-3-4-16)13-20-7-6-19(12-29-20)24(25,26)27/h5-9,11-12,15-16H,3-4,10,13H2,1-2H3,(H2,28,30). The highest BCUT2D eigenvalue weighted by molar-refractivity contribution is 5.98. The number of benzene rings is 1. The third kappa shape index (κ3) is 4.84. The smallest absolute Gasteiger partial charge is 0.383 e. The summed E-state index contributed by atoms with van der Waals surface area (Å²) in [5.74, 6) is 0.855. The van der Waals surface area contributed by atoms with Crippen molar-refractivity contribution in [2.24, 2.45) is 5.92 Å². The molecule has 1 aromatic carbocycles. The van der Waals surface area contributed by atoms with Crippen LogP contribution in [0.2, 0.25) is 0 Å². The van der Waals surface area contributed by atoms with Crippen LogP contribution in [0.5, 0.6) is 0 Å². The molecule has 2 N–H and O–H groups in total. The minimum atomic E-state index is -4.44. The monoisotopic (exact) mass is 442 g/mol. The molecular weight excluding hydrogens is 417 g/mol. The van der Waals surface area contributed by atoms with E-state index in [1.54, 1.807) is 23.1 Å². The second-order valence-electron chi connectivity index (χ2n) is 8.60. The Labute approximate surface area is 184 Å². The second-order valence-corrected chi connectivity index (χ2v) is 8.60. The molecule has 1 fully saturated rings. The summed E-state index contributed by atoms with van der Waals surface area (Å²) in [6.07, 6.45) is -0.475. The SMILES string of the molecule is Cc1cc2cc(C(=O)N(Cc3ccc(C(F)(F)F)cn3)C(C)CC3CC3)ccc2nc1N. The van der Waals surface area contributed by atoms with Gasteiger partial charge < -0.3 is 10.6 Å². The van der Waals surface area contributed by atoms with E-state index in [0.717, 1.165) is 42.5 Å². The van der Waals surface area contributed by atoms with Crippen LogP contribution in [0.15, 0.2) is 42.6 Å². The Morgan fingerprint density at radius 2 is 1.97 bits per heavy atom. The van der Waals surface area contributed by atoms with Gasteiger partial charge in [0.25, 0.3) is 5.91 Å². The first-order valence-corrected chi connectivity index (χ1v) is 10.6. The van der Waals surface area contributed by atoms with Gasteiger partial charge in [0.2, 0.25) is 0 Å². The van der Waals surface area contributed by atoms with E-state index in [1.165, 1.54) is 6.07 Å². The molecule has 3 aromatic rings. The first-order valence-electron chi connectivity index (χ1n) is 10.6. The Bertz CT molecular complexity index is 1140. The molecule has 0 radical (unpaired) electrons. The van der Waals surface area contributed by atoms with Crippen molar-refractivity contribution in [2.45, 2.75) is 51.9 Å². The number of fused-ring (bicyclic) bond motifs is 1. The van der Waals surface area contributed by atoms with Crippen molar-refractivity contribution in [3.63, 3.8) is 0 Å². The highest BCUT2D eigenvalue weighted by atomic mass is 19.4. The highest BCUT2D eigenvalue weighted by Gasteiger charge is 2.32. The molecule has 0 spiro atoms. The largest absolute Gasteiger partial charge is 0.417 e. The molecule has 1 aliphatic rings. The fourth-order valence-corrected chi connectivity index (χ4v) is 3.85. The normalized spacial score (nSPS) is 15.0. The molecular formula is C24H25F3N4O. The topological polar surface area (TPSA) is 72.1 Å². The summed E-state index contributed by atoms with van der Waals surface area (Å²) in [5, 5.41) is 0.810. The molecule has 5 nitrogen and oxygen atoms in total. The van der Waals surface area contributed by atoms with Crippen LogP contribution in [-0.2, 0) is 12.7 Å². The Morgan fingerprint density at radius 1 is 1.22 bits per heavy atom. The first kappa shape index (κ1) is 22.0. The van der Waals surface area contributed by atoms with E-state index in [2.05, 4.69) is 9.97 Å². The molecule has 1 saturated carbocycles. The van der Waals surface area contributed by atoms with Crippen LogP contribution in [0.3, 0.4) is 0 Å². The molecule has 8 heteroatoms. The van der Waals surface area contributed by atoms with Gasteiger partial charge in [0, 0.05) is 23.2 Å². The number of hydrogen-bond acceptors (Lipinski definition) is 4. The Balaban J connectivity index is 1.62. The molecule has 0 bridgehead atoms. The zero-order valence-electron chi connectivity index (χ0n) is 18.0. The fourth-order valence-electron chi connectivity index (χ4n) is 3.85. The predicted molar refractivity (Wildman–Crippen MR) is 117 cm³/mol. The third-order valence-electron chi connectivity index (χ3n) is 5.94. The van der Waals surface area contributed by atoms with Crippen LogP contribution >= 0.6 is 0 Å². The van der Waals surface area contributed by atoms with Gasteiger partial charge in [-0.3, -0.25) is 9.78 Å². The van der Waals surface area contributed by atoms with Crippen molar-refractivity contribution in [3.05, 3.63) is 65.0 Å². The highest BCUT2D eigenvalue weighted by Crippen LogP contribution is 2.35. The average molecular weight is 442 g/mol. The minimum absolute atomic E-state index is 0.0685. The van der Waals surface area contributed by atoms with E-state index in [-0.39, 0.29) is 18.5 Å². The molecule has 168 valence electrons. The van der Waals surface area contributed by atoms with Crippen LogP contribution in [0.4, 0.5) is 19.0 Å². The summed E-state index contributed by atoms with van der Waals surface area (Å²) in [5.41, 5.74) is 7.52. The fraction of sp³-hybridized carbons (Fsp3) is 0.375. The van der Waals surface area contributed by atoms with Crippen molar-refractivity contribution in [2.75, 3.05) is 5.73 Å². The second kappa shape index (κ2) is 8.41. The van der Waals surface area contributed by atoms with Gasteiger partial charge in [0.05, 0.1) is 23.3 Å². The Hall–Kier alpha value is -3.16. The molecule has 1 amide bonds. The van der Waals surface area contributed by atoms with E-state index < -0.39 is 11.7 Å². The molecule has 4 rings (SSSR count). The van der Waals surface area contributed by atoms with Crippen LogP contribution < -0.4 is 5.73 Å². The number of hydrogen-bond donors (Lipinski definition) is 1. The van der Waals surface area contributed by atoms with Gasteiger partial charge in [0.15, 0.2) is 0 Å². The van der Waals surface area contributed by atoms with Crippen molar-refractivity contribution in [1.82, 2.24) is 14.9 Å². The summed E-state index contributed by atoms with van der Waals surface area (Å²) >= 11 is 0. The van der Waals surface area contributed by atoms with E-state index in [0.29, 0.717) is 28.5 Å². The first-order chi connectivity index (χ1) is 15.1. The van der Waals surface area contributed by atoms with E-state index in [1.807, 2.05) is 19.9 Å². The minimum Gasteiger partial charge on any atom is -0.383 e. The van der Waals surface area contributed by atoms with Gasteiger partial charge in [-0.1, -0.05) is 12.8 Å². The van der Waals surface area contributed by atoms with Crippen molar-refractivity contribution >= 4 is 22.6 Å².